The van der Waals surface area contributed by atoms with Crippen LogP contribution in [0.5, 0.6) is 0 Å². The van der Waals surface area contributed by atoms with Crippen molar-refractivity contribution in [1.29, 1.82) is 0 Å². The van der Waals surface area contributed by atoms with Crippen LogP contribution in [0.15, 0.2) is 40.9 Å². The summed E-state index contributed by atoms with van der Waals surface area (Å²) < 4.78 is 0.782. The Labute approximate surface area is 130 Å². The van der Waals surface area contributed by atoms with E-state index in [1.54, 1.807) is 24.3 Å². The molecular formula is C16H13BrN2O2. The van der Waals surface area contributed by atoms with Crippen LogP contribution in [0.25, 0.3) is 0 Å². The van der Waals surface area contributed by atoms with Crippen LogP contribution >= 0.6 is 15.9 Å². The van der Waals surface area contributed by atoms with Crippen LogP contribution in [0.4, 0.5) is 5.69 Å². The van der Waals surface area contributed by atoms with Crippen LogP contribution in [0.1, 0.15) is 31.8 Å². The van der Waals surface area contributed by atoms with Gasteiger partial charge in [-0.05, 0) is 42.3 Å². The molecule has 106 valence electrons. The lowest BCUT2D eigenvalue weighted by atomic mass is 10.1. The first-order chi connectivity index (χ1) is 9.99. The maximum Gasteiger partial charge on any atom is 0.261 e. The minimum atomic E-state index is -0.266. The molecule has 1 aliphatic heterocycles. The molecule has 21 heavy (non-hydrogen) atoms. The largest absolute Gasteiger partial charge is 0.399 e. The third kappa shape index (κ3) is 2.23. The zero-order valence-electron chi connectivity index (χ0n) is 11.4. The van der Waals surface area contributed by atoms with Gasteiger partial charge in [0, 0.05) is 10.2 Å². The van der Waals surface area contributed by atoms with Crippen molar-refractivity contribution in [1.82, 2.24) is 4.90 Å². The number of hydrogen-bond acceptors (Lipinski definition) is 3. The zero-order valence-corrected chi connectivity index (χ0v) is 13.0. The Morgan fingerprint density at radius 1 is 1.10 bits per heavy atom. The van der Waals surface area contributed by atoms with Gasteiger partial charge in [-0.2, -0.15) is 0 Å². The standard InChI is InChI=1S/C16H13BrN2O2/c1-9-10(3-2-4-14(9)18)8-19-15(20)12-6-5-11(17)7-13(12)16(19)21/h2-7H,8,18H2,1H3. The molecule has 1 heterocycles. The minimum absolute atomic E-state index is 0.237. The highest BCUT2D eigenvalue weighted by molar-refractivity contribution is 9.10. The van der Waals surface area contributed by atoms with Gasteiger partial charge < -0.3 is 5.73 Å². The molecule has 2 N–H and O–H groups in total. The molecule has 0 unspecified atom stereocenters. The molecule has 5 heteroatoms. The maximum atomic E-state index is 12.4. The second-order valence-electron chi connectivity index (χ2n) is 5.02. The number of fused-ring (bicyclic) bond motifs is 1. The number of nitrogen functional groups attached to an aromatic ring is 1. The van der Waals surface area contributed by atoms with Crippen LogP contribution in [-0.2, 0) is 6.54 Å². The van der Waals surface area contributed by atoms with Gasteiger partial charge in [0.05, 0.1) is 17.7 Å². The molecule has 0 radical (unpaired) electrons. The highest BCUT2D eigenvalue weighted by Crippen LogP contribution is 2.28. The predicted molar refractivity (Wildman–Crippen MR) is 83.9 cm³/mol. The molecule has 2 aromatic carbocycles. The van der Waals surface area contributed by atoms with Gasteiger partial charge in [0.2, 0.25) is 0 Å². The van der Waals surface area contributed by atoms with Crippen molar-refractivity contribution in [2.45, 2.75) is 13.5 Å². The topological polar surface area (TPSA) is 63.4 Å². The molecule has 0 bridgehead atoms. The summed E-state index contributed by atoms with van der Waals surface area (Å²) in [4.78, 5) is 26.1. The summed E-state index contributed by atoms with van der Waals surface area (Å²) in [6.45, 7) is 2.13. The lowest BCUT2D eigenvalue weighted by Gasteiger charge is -2.16. The molecule has 0 aliphatic carbocycles. The van der Waals surface area contributed by atoms with E-state index in [1.807, 2.05) is 19.1 Å². The van der Waals surface area contributed by atoms with Crippen molar-refractivity contribution in [3.63, 3.8) is 0 Å². The highest BCUT2D eigenvalue weighted by atomic mass is 79.9. The van der Waals surface area contributed by atoms with Gasteiger partial charge in [-0.1, -0.05) is 28.1 Å². The monoisotopic (exact) mass is 344 g/mol. The van der Waals surface area contributed by atoms with Crippen molar-refractivity contribution in [3.05, 3.63) is 63.1 Å². The normalized spacial score (nSPS) is 13.7. The van der Waals surface area contributed by atoms with Crippen LogP contribution in [0.2, 0.25) is 0 Å². The van der Waals surface area contributed by atoms with E-state index in [0.717, 1.165) is 15.6 Å². The first-order valence-electron chi connectivity index (χ1n) is 6.48. The van der Waals surface area contributed by atoms with E-state index in [4.69, 9.17) is 5.73 Å². The van der Waals surface area contributed by atoms with Gasteiger partial charge in [0.25, 0.3) is 11.8 Å². The molecule has 2 aromatic rings. The average Bonchev–Trinajstić information content (AvgIpc) is 2.68. The van der Waals surface area contributed by atoms with Gasteiger partial charge in [0.1, 0.15) is 0 Å². The first-order valence-corrected chi connectivity index (χ1v) is 7.28. The van der Waals surface area contributed by atoms with Gasteiger partial charge in [0.15, 0.2) is 0 Å². The quantitative estimate of drug-likeness (QED) is 0.672. The van der Waals surface area contributed by atoms with Crippen molar-refractivity contribution in [2.75, 3.05) is 5.73 Å². The van der Waals surface area contributed by atoms with E-state index < -0.39 is 0 Å². The fraction of sp³-hybridized carbons (Fsp3) is 0.125. The number of hydrogen-bond donors (Lipinski definition) is 1. The molecule has 1 aliphatic rings. The Balaban J connectivity index is 1.97. The van der Waals surface area contributed by atoms with Gasteiger partial charge in [-0.25, -0.2) is 0 Å². The third-order valence-corrected chi connectivity index (χ3v) is 4.24. The fourth-order valence-corrected chi connectivity index (χ4v) is 2.81. The van der Waals surface area contributed by atoms with Crippen LogP contribution in [0, 0.1) is 6.92 Å². The lowest BCUT2D eigenvalue weighted by Crippen LogP contribution is -2.29. The number of rotatable bonds is 2. The van der Waals surface area contributed by atoms with Crippen molar-refractivity contribution in [3.8, 4) is 0 Å². The number of nitrogens with two attached hydrogens (primary N) is 1. The van der Waals surface area contributed by atoms with Gasteiger partial charge in [-0.3, -0.25) is 14.5 Å². The molecule has 0 saturated heterocycles. The van der Waals surface area contributed by atoms with E-state index in [0.29, 0.717) is 16.8 Å². The fourth-order valence-electron chi connectivity index (χ4n) is 2.45. The smallest absolute Gasteiger partial charge is 0.261 e. The SMILES string of the molecule is Cc1c(N)cccc1CN1C(=O)c2ccc(Br)cc2C1=O. The zero-order chi connectivity index (χ0) is 15.1. The predicted octanol–water partition coefficient (Wildman–Crippen LogP) is 3.14. The molecular weight excluding hydrogens is 332 g/mol. The number of carbonyl (C=O) groups is 2. The Morgan fingerprint density at radius 3 is 2.57 bits per heavy atom. The number of carbonyl (C=O) groups excluding carboxylic acids is 2. The second kappa shape index (κ2) is 5.00. The van der Waals surface area contributed by atoms with Crippen LogP contribution in [-0.4, -0.2) is 16.7 Å². The number of imide groups is 1. The van der Waals surface area contributed by atoms with E-state index >= 15 is 0 Å². The van der Waals surface area contributed by atoms with Gasteiger partial charge in [-0.15, -0.1) is 0 Å². The van der Waals surface area contributed by atoms with E-state index in [9.17, 15) is 9.59 Å². The van der Waals surface area contributed by atoms with Crippen LogP contribution in [0.3, 0.4) is 0 Å². The van der Waals surface area contributed by atoms with E-state index in [-0.39, 0.29) is 18.4 Å². The summed E-state index contributed by atoms with van der Waals surface area (Å²) in [6.07, 6.45) is 0. The molecule has 4 nitrogen and oxygen atoms in total. The molecule has 3 rings (SSSR count). The summed E-state index contributed by atoms with van der Waals surface area (Å²) in [5.74, 6) is -0.526. The lowest BCUT2D eigenvalue weighted by molar-refractivity contribution is 0.0642. The Kier molecular flexibility index (Phi) is 3.29. The van der Waals surface area contributed by atoms with Gasteiger partial charge >= 0.3 is 0 Å². The Hall–Kier alpha value is -2.14. The number of amides is 2. The first kappa shape index (κ1) is 13.8. The second-order valence-corrected chi connectivity index (χ2v) is 5.93. The number of anilines is 1. The third-order valence-electron chi connectivity index (χ3n) is 3.75. The average molecular weight is 345 g/mol. The van der Waals surface area contributed by atoms with E-state index in [1.165, 1.54) is 4.90 Å². The number of nitrogens with zero attached hydrogens (tertiary/aromatic N) is 1. The minimum Gasteiger partial charge on any atom is -0.399 e. The van der Waals surface area contributed by atoms with Crippen molar-refractivity contribution >= 4 is 33.4 Å². The molecule has 0 atom stereocenters. The maximum absolute atomic E-state index is 12.4. The van der Waals surface area contributed by atoms with Crippen molar-refractivity contribution in [2.24, 2.45) is 0 Å². The molecule has 0 aromatic heterocycles. The Morgan fingerprint density at radius 2 is 1.81 bits per heavy atom. The van der Waals surface area contributed by atoms with E-state index in [2.05, 4.69) is 15.9 Å². The number of benzene rings is 2. The molecule has 2 amide bonds. The van der Waals surface area contributed by atoms with Crippen molar-refractivity contribution < 1.29 is 9.59 Å². The summed E-state index contributed by atoms with van der Waals surface area (Å²) in [5, 5.41) is 0. The Bertz CT molecular complexity index is 771. The summed E-state index contributed by atoms with van der Waals surface area (Å²) in [5.41, 5.74) is 9.20. The molecule has 0 fully saturated rings. The van der Waals surface area contributed by atoms with Crippen LogP contribution < -0.4 is 5.73 Å². The molecule has 0 spiro atoms. The highest BCUT2D eigenvalue weighted by Gasteiger charge is 2.35. The number of halogens is 1. The summed E-state index contributed by atoms with van der Waals surface area (Å²) in [7, 11) is 0. The summed E-state index contributed by atoms with van der Waals surface area (Å²) >= 11 is 3.32. The molecule has 0 saturated carbocycles. The summed E-state index contributed by atoms with van der Waals surface area (Å²) in [6, 6.07) is 10.6.